The number of rotatable bonds is 50. The van der Waals surface area contributed by atoms with E-state index in [-0.39, 0.29) is 31.5 Å². The second-order valence-corrected chi connectivity index (χ2v) is 21.6. The summed E-state index contributed by atoms with van der Waals surface area (Å²) in [4.78, 5) is 37.5. The van der Waals surface area contributed by atoms with Crippen LogP contribution in [0.3, 0.4) is 0 Å². The van der Waals surface area contributed by atoms with Crippen LogP contribution in [0.15, 0.2) is 60.8 Å². The average Bonchev–Trinajstić information content (AvgIpc) is 3.29. The molecule has 0 aliphatic heterocycles. The van der Waals surface area contributed by atoms with E-state index in [0.29, 0.717) is 23.9 Å². The van der Waals surface area contributed by atoms with E-state index in [1.807, 2.05) is 33.3 Å². The van der Waals surface area contributed by atoms with E-state index in [1.165, 1.54) is 141 Å². The van der Waals surface area contributed by atoms with E-state index in [2.05, 4.69) is 74.7 Å². The Hall–Kier alpha value is -2.29. The number of ether oxygens (including phenoxy) is 1. The number of hydrogen-bond acceptors (Lipinski definition) is 6. The molecule has 0 aromatic rings. The fourth-order valence-corrected chi connectivity index (χ4v) is 8.55. The quantitative estimate of drug-likeness (QED) is 0.0205. The zero-order valence-corrected chi connectivity index (χ0v) is 46.0. The summed E-state index contributed by atoms with van der Waals surface area (Å²) in [5.41, 5.74) is 0. The molecule has 0 aliphatic rings. The monoisotopic (exact) mass is 976 g/mol. The van der Waals surface area contributed by atoms with Gasteiger partial charge in [-0.25, -0.2) is 4.57 Å². The first-order valence-electron chi connectivity index (χ1n) is 28.1. The van der Waals surface area contributed by atoms with Gasteiger partial charge in [0.15, 0.2) is 0 Å². The lowest BCUT2D eigenvalue weighted by Crippen LogP contribution is -2.47. The number of unbranched alkanes of at least 4 members (excludes halogenated alkanes) is 26. The number of hydrogen-bond donors (Lipinski definition) is 2. The standard InChI is InChI=1S/C58H107N2O7P/c1-7-10-13-16-19-22-25-28-29-30-31-33-36-39-42-45-48-51-58(62)67-56(49-46-43-40-37-34-27-24-21-18-15-12-9-3)55(54-66-68(63,64)65-53-52-60(4,5)6)59-57(61)50-47-44-41-38-35-32-26-23-20-17-14-11-8-2/h19,22,28-29,31,33,39,42,46,49,55-56H,7-18,20-21,23-27,30,32,34-38,40-41,43-45,47-48,50-54H2,1-6H3,(H-,59,61,63,64)/p+1/b22-19-,29-28-,33-31-,42-39-,49-46+. The van der Waals surface area contributed by atoms with E-state index in [4.69, 9.17) is 13.8 Å². The van der Waals surface area contributed by atoms with E-state index in [0.717, 1.165) is 64.2 Å². The van der Waals surface area contributed by atoms with Crippen molar-refractivity contribution in [1.29, 1.82) is 0 Å². The maximum atomic E-state index is 13.5. The molecule has 0 bridgehead atoms. The smallest absolute Gasteiger partial charge is 0.456 e. The van der Waals surface area contributed by atoms with Crippen LogP contribution in [0.1, 0.15) is 245 Å². The minimum absolute atomic E-state index is 0.0317. The Labute approximate surface area is 420 Å². The van der Waals surface area contributed by atoms with E-state index in [1.54, 1.807) is 0 Å². The van der Waals surface area contributed by atoms with Crippen molar-refractivity contribution < 1.29 is 37.3 Å². The molecular formula is C58H108N2O7P+. The molecule has 0 aromatic heterocycles. The summed E-state index contributed by atoms with van der Waals surface area (Å²) in [5, 5.41) is 3.03. The van der Waals surface area contributed by atoms with Crippen LogP contribution in [0, 0.1) is 0 Å². The zero-order valence-electron chi connectivity index (χ0n) is 45.1. The van der Waals surface area contributed by atoms with Gasteiger partial charge in [-0.2, -0.15) is 0 Å². The molecule has 3 unspecified atom stereocenters. The van der Waals surface area contributed by atoms with Crippen molar-refractivity contribution in [3.63, 3.8) is 0 Å². The normalized spacial score (nSPS) is 14.3. The summed E-state index contributed by atoms with van der Waals surface area (Å²) in [6.45, 7) is 6.94. The van der Waals surface area contributed by atoms with Crippen LogP contribution in [0.4, 0.5) is 0 Å². The van der Waals surface area contributed by atoms with Crippen LogP contribution >= 0.6 is 7.82 Å². The molecule has 3 atom stereocenters. The molecule has 0 aliphatic carbocycles. The number of nitrogens with zero attached hydrogens (tertiary/aromatic N) is 1. The van der Waals surface area contributed by atoms with Crippen LogP contribution in [0.2, 0.25) is 0 Å². The maximum absolute atomic E-state index is 13.5. The summed E-state index contributed by atoms with van der Waals surface area (Å²) in [6.07, 6.45) is 59.3. The van der Waals surface area contributed by atoms with Gasteiger partial charge in [-0.05, 0) is 70.3 Å². The van der Waals surface area contributed by atoms with Crippen LogP contribution in [-0.2, 0) is 27.9 Å². The second kappa shape index (κ2) is 48.3. The third kappa shape index (κ3) is 48.7. The number of nitrogens with one attached hydrogen (secondary N) is 1. The summed E-state index contributed by atoms with van der Waals surface area (Å²) in [5.74, 6) is -0.568. The molecule has 0 fully saturated rings. The van der Waals surface area contributed by atoms with E-state index < -0.39 is 20.0 Å². The molecule has 0 saturated carbocycles. The van der Waals surface area contributed by atoms with Gasteiger partial charge in [0.2, 0.25) is 5.91 Å². The highest BCUT2D eigenvalue weighted by Gasteiger charge is 2.30. The number of esters is 1. The molecule has 2 N–H and O–H groups in total. The highest BCUT2D eigenvalue weighted by Crippen LogP contribution is 2.43. The Bertz CT molecular complexity index is 1350. The molecule has 0 heterocycles. The fourth-order valence-electron chi connectivity index (χ4n) is 7.81. The number of phosphoric ester groups is 1. The number of phosphoric acid groups is 1. The van der Waals surface area contributed by atoms with Crippen molar-refractivity contribution in [2.45, 2.75) is 258 Å². The van der Waals surface area contributed by atoms with Crippen molar-refractivity contribution in [3.05, 3.63) is 60.8 Å². The van der Waals surface area contributed by atoms with Gasteiger partial charge in [0.05, 0.1) is 33.8 Å². The van der Waals surface area contributed by atoms with Crippen molar-refractivity contribution in [2.75, 3.05) is 40.9 Å². The first-order chi connectivity index (χ1) is 32.9. The fraction of sp³-hybridized carbons (Fsp3) is 0.793. The molecular weight excluding hydrogens is 868 g/mol. The van der Waals surface area contributed by atoms with Crippen molar-refractivity contribution in [2.24, 2.45) is 0 Å². The van der Waals surface area contributed by atoms with Crippen LogP contribution < -0.4 is 5.32 Å². The predicted molar refractivity (Wildman–Crippen MR) is 291 cm³/mol. The highest BCUT2D eigenvalue weighted by molar-refractivity contribution is 7.47. The minimum atomic E-state index is -4.45. The van der Waals surface area contributed by atoms with Crippen molar-refractivity contribution in [1.82, 2.24) is 5.32 Å². The van der Waals surface area contributed by atoms with Gasteiger partial charge in [0, 0.05) is 12.8 Å². The first kappa shape index (κ1) is 65.7. The third-order valence-electron chi connectivity index (χ3n) is 12.2. The Balaban J connectivity index is 5.46. The molecule has 396 valence electrons. The Morgan fingerprint density at radius 3 is 1.40 bits per heavy atom. The Morgan fingerprint density at radius 1 is 0.515 bits per heavy atom. The molecule has 10 heteroatoms. The van der Waals surface area contributed by atoms with Gasteiger partial charge in [-0.1, -0.05) is 223 Å². The highest BCUT2D eigenvalue weighted by atomic mass is 31.2. The number of quaternary nitrogens is 1. The van der Waals surface area contributed by atoms with E-state index >= 15 is 0 Å². The molecule has 9 nitrogen and oxygen atoms in total. The minimum Gasteiger partial charge on any atom is -0.456 e. The lowest BCUT2D eigenvalue weighted by atomic mass is 10.0. The van der Waals surface area contributed by atoms with Crippen LogP contribution in [0.5, 0.6) is 0 Å². The molecule has 0 spiro atoms. The van der Waals surface area contributed by atoms with Crippen LogP contribution in [-0.4, -0.2) is 74.3 Å². The lowest BCUT2D eigenvalue weighted by Gasteiger charge is -2.27. The van der Waals surface area contributed by atoms with Gasteiger partial charge in [0.25, 0.3) is 0 Å². The van der Waals surface area contributed by atoms with Gasteiger partial charge >= 0.3 is 13.8 Å². The summed E-state index contributed by atoms with van der Waals surface area (Å²) < 4.78 is 30.5. The number of carbonyl (C=O) groups excluding carboxylic acids is 2. The number of allylic oxidation sites excluding steroid dienone is 9. The number of carbonyl (C=O) groups is 2. The molecule has 0 rings (SSSR count). The number of amides is 1. The third-order valence-corrected chi connectivity index (χ3v) is 13.2. The van der Waals surface area contributed by atoms with Gasteiger partial charge in [-0.15, -0.1) is 0 Å². The molecule has 0 aromatic carbocycles. The molecule has 0 saturated heterocycles. The van der Waals surface area contributed by atoms with Crippen LogP contribution in [0.25, 0.3) is 0 Å². The van der Waals surface area contributed by atoms with Gasteiger partial charge in [0.1, 0.15) is 19.3 Å². The topological polar surface area (TPSA) is 111 Å². The summed E-state index contributed by atoms with van der Waals surface area (Å²) >= 11 is 0. The van der Waals surface area contributed by atoms with E-state index in [9.17, 15) is 19.0 Å². The summed E-state index contributed by atoms with van der Waals surface area (Å²) in [6, 6.07) is -0.867. The predicted octanol–water partition coefficient (Wildman–Crippen LogP) is 16.7. The average molecular weight is 976 g/mol. The molecule has 1 amide bonds. The van der Waals surface area contributed by atoms with Crippen molar-refractivity contribution in [3.8, 4) is 0 Å². The SMILES string of the molecule is CCCCC/C=C\C/C=C\C/C=C\C/C=C\CCCC(=O)OC(/C=C/CCCCCCCCCCCC)C(COP(=O)(O)OCC[N+](C)(C)C)NC(=O)CCCCCCCCCCCCCCC. The lowest BCUT2D eigenvalue weighted by molar-refractivity contribution is -0.870. The Kier molecular flexibility index (Phi) is 46.7. The Morgan fingerprint density at radius 2 is 0.912 bits per heavy atom. The molecule has 0 radical (unpaired) electrons. The summed E-state index contributed by atoms with van der Waals surface area (Å²) in [7, 11) is 1.47. The second-order valence-electron chi connectivity index (χ2n) is 20.1. The van der Waals surface area contributed by atoms with Crippen molar-refractivity contribution >= 4 is 19.7 Å². The number of likely N-dealkylation sites (N-methyl/N-ethyl adjacent to an activating group) is 1. The van der Waals surface area contributed by atoms with Gasteiger partial charge < -0.3 is 19.4 Å². The largest absolute Gasteiger partial charge is 0.472 e. The maximum Gasteiger partial charge on any atom is 0.472 e. The molecule has 68 heavy (non-hydrogen) atoms. The zero-order chi connectivity index (χ0) is 50.1. The van der Waals surface area contributed by atoms with Gasteiger partial charge in [-0.3, -0.25) is 18.6 Å². The first-order valence-corrected chi connectivity index (χ1v) is 29.6.